The summed E-state index contributed by atoms with van der Waals surface area (Å²) < 4.78 is 36.2. The number of benzene rings is 1. The largest absolute Gasteiger partial charge is 0.468 e. The maximum atomic E-state index is 12.3. The number of esters is 1. The van der Waals surface area contributed by atoms with E-state index < -0.39 is 28.6 Å². The lowest BCUT2D eigenvalue weighted by molar-refractivity contribution is -0.139. The fourth-order valence-corrected chi connectivity index (χ4v) is 3.58. The highest BCUT2D eigenvalue weighted by atomic mass is 35.5. The summed E-state index contributed by atoms with van der Waals surface area (Å²) >= 11 is 0. The van der Waals surface area contributed by atoms with Crippen LogP contribution in [0.3, 0.4) is 0 Å². The number of carbonyl (C=O) groups excluding carboxylic acids is 2. The van der Waals surface area contributed by atoms with Gasteiger partial charge in [0.1, 0.15) is 6.54 Å². The van der Waals surface area contributed by atoms with Crippen LogP contribution in [0.15, 0.2) is 29.2 Å². The molecule has 27 heavy (non-hydrogen) atoms. The van der Waals surface area contributed by atoms with E-state index in [4.69, 9.17) is 10.5 Å². The number of sulfonamides is 1. The van der Waals surface area contributed by atoms with Crippen LogP contribution in [0.2, 0.25) is 0 Å². The van der Waals surface area contributed by atoms with E-state index in [9.17, 15) is 18.0 Å². The first-order chi connectivity index (χ1) is 12.3. The number of hydrogen-bond donors (Lipinski definition) is 3. The lowest BCUT2D eigenvalue weighted by Crippen LogP contribution is -2.44. The summed E-state index contributed by atoms with van der Waals surface area (Å²) in [5.41, 5.74) is 6.31. The van der Waals surface area contributed by atoms with Crippen molar-refractivity contribution in [2.75, 3.05) is 32.2 Å². The minimum atomic E-state index is -3.91. The van der Waals surface area contributed by atoms with Crippen molar-refractivity contribution in [2.24, 2.45) is 11.7 Å². The zero-order valence-corrected chi connectivity index (χ0v) is 16.5. The smallest absolute Gasteiger partial charge is 0.320 e. The molecular formula is C16H24ClN3O6S. The number of ether oxygens (including phenoxy) is 2. The molecule has 0 aliphatic carbocycles. The predicted octanol–water partition coefficient (Wildman–Crippen LogP) is 0.252. The number of hydrogen-bond acceptors (Lipinski definition) is 7. The van der Waals surface area contributed by atoms with Crippen LogP contribution in [0.1, 0.15) is 12.8 Å². The third-order valence-corrected chi connectivity index (χ3v) is 5.52. The van der Waals surface area contributed by atoms with Gasteiger partial charge in [0.15, 0.2) is 0 Å². The number of nitrogens with one attached hydrogen (secondary N) is 2. The van der Waals surface area contributed by atoms with E-state index in [0.29, 0.717) is 31.7 Å². The SMILES string of the molecule is COC(=O)CNS(=O)(=O)c1cccc(NC(=O)C(N)C2CCOCC2)c1.Cl. The molecule has 1 aliphatic rings. The van der Waals surface area contributed by atoms with Crippen molar-refractivity contribution >= 4 is 40.0 Å². The monoisotopic (exact) mass is 421 g/mol. The minimum Gasteiger partial charge on any atom is -0.468 e. The van der Waals surface area contributed by atoms with Gasteiger partial charge in [0.2, 0.25) is 15.9 Å². The van der Waals surface area contributed by atoms with E-state index in [1.807, 2.05) is 0 Å². The quantitative estimate of drug-likeness (QED) is 0.536. The van der Waals surface area contributed by atoms with Crippen molar-refractivity contribution < 1.29 is 27.5 Å². The zero-order valence-electron chi connectivity index (χ0n) is 14.8. The zero-order chi connectivity index (χ0) is 19.2. The van der Waals surface area contributed by atoms with Gasteiger partial charge in [-0.25, -0.2) is 8.42 Å². The van der Waals surface area contributed by atoms with E-state index in [1.165, 1.54) is 18.2 Å². The number of halogens is 1. The molecule has 1 aliphatic heterocycles. The Hall–Kier alpha value is -1.72. The molecule has 1 amide bonds. The van der Waals surface area contributed by atoms with Crippen LogP contribution in [0.5, 0.6) is 0 Å². The normalized spacial score (nSPS) is 16.1. The Labute approximate surface area is 164 Å². The van der Waals surface area contributed by atoms with Gasteiger partial charge in [-0.15, -0.1) is 12.4 Å². The molecule has 1 unspecified atom stereocenters. The van der Waals surface area contributed by atoms with Crippen LogP contribution < -0.4 is 15.8 Å². The molecule has 1 fully saturated rings. The Bertz CT molecular complexity index is 752. The second-order valence-corrected chi connectivity index (χ2v) is 7.66. The van der Waals surface area contributed by atoms with Gasteiger partial charge in [-0.05, 0) is 37.0 Å². The fourth-order valence-electron chi connectivity index (χ4n) is 2.57. The van der Waals surface area contributed by atoms with Gasteiger partial charge in [0.25, 0.3) is 0 Å². The van der Waals surface area contributed by atoms with Crippen molar-refractivity contribution in [3.05, 3.63) is 24.3 Å². The minimum absolute atomic E-state index is 0. The Balaban J connectivity index is 0.00000364. The highest BCUT2D eigenvalue weighted by Crippen LogP contribution is 2.20. The molecule has 1 aromatic rings. The van der Waals surface area contributed by atoms with Crippen LogP contribution in [0.25, 0.3) is 0 Å². The maximum Gasteiger partial charge on any atom is 0.320 e. The molecule has 1 saturated heterocycles. The first kappa shape index (κ1) is 23.3. The predicted molar refractivity (Wildman–Crippen MR) is 101 cm³/mol. The van der Waals surface area contributed by atoms with Gasteiger partial charge in [-0.2, -0.15) is 4.72 Å². The third kappa shape index (κ3) is 6.74. The molecule has 0 spiro atoms. The number of anilines is 1. The second-order valence-electron chi connectivity index (χ2n) is 5.89. The lowest BCUT2D eigenvalue weighted by Gasteiger charge is -2.26. The van der Waals surface area contributed by atoms with Crippen molar-refractivity contribution in [1.82, 2.24) is 4.72 Å². The van der Waals surface area contributed by atoms with Gasteiger partial charge in [0, 0.05) is 18.9 Å². The molecule has 152 valence electrons. The molecule has 11 heteroatoms. The van der Waals surface area contributed by atoms with Gasteiger partial charge in [-0.1, -0.05) is 6.07 Å². The first-order valence-corrected chi connectivity index (χ1v) is 9.62. The molecule has 0 saturated carbocycles. The molecule has 4 N–H and O–H groups in total. The highest BCUT2D eigenvalue weighted by molar-refractivity contribution is 7.89. The van der Waals surface area contributed by atoms with E-state index >= 15 is 0 Å². The van der Waals surface area contributed by atoms with Crippen LogP contribution >= 0.6 is 12.4 Å². The summed E-state index contributed by atoms with van der Waals surface area (Å²) in [5.74, 6) is -1.06. The van der Waals surface area contributed by atoms with Gasteiger partial charge < -0.3 is 20.5 Å². The van der Waals surface area contributed by atoms with Crippen LogP contribution in [0, 0.1) is 5.92 Å². The molecule has 1 atom stereocenters. The van der Waals surface area contributed by atoms with E-state index in [0.717, 1.165) is 7.11 Å². The summed E-state index contributed by atoms with van der Waals surface area (Å²) in [6.45, 7) is 0.667. The topological polar surface area (TPSA) is 137 Å². The van der Waals surface area contributed by atoms with Crippen LogP contribution in [0.4, 0.5) is 5.69 Å². The fraction of sp³-hybridized carbons (Fsp3) is 0.500. The molecule has 1 heterocycles. The summed E-state index contributed by atoms with van der Waals surface area (Å²) in [5, 5.41) is 2.64. The van der Waals surface area contributed by atoms with Crippen molar-refractivity contribution in [3.8, 4) is 0 Å². The van der Waals surface area contributed by atoms with E-state index in [2.05, 4.69) is 14.8 Å². The van der Waals surface area contributed by atoms with Gasteiger partial charge in [-0.3, -0.25) is 9.59 Å². The van der Waals surface area contributed by atoms with Crippen molar-refractivity contribution in [1.29, 1.82) is 0 Å². The third-order valence-electron chi connectivity index (χ3n) is 4.12. The Kier molecular flexibility index (Phi) is 9.13. The summed E-state index contributed by atoms with van der Waals surface area (Å²) in [6, 6.07) is 5.01. The van der Waals surface area contributed by atoms with Gasteiger partial charge in [0.05, 0.1) is 18.0 Å². The molecule has 0 aromatic heterocycles. The molecule has 9 nitrogen and oxygen atoms in total. The number of carbonyl (C=O) groups is 2. The Morgan fingerprint density at radius 3 is 2.63 bits per heavy atom. The number of rotatable bonds is 7. The number of amides is 1. The molecular weight excluding hydrogens is 398 g/mol. The van der Waals surface area contributed by atoms with Gasteiger partial charge >= 0.3 is 5.97 Å². The van der Waals surface area contributed by atoms with E-state index in [-0.39, 0.29) is 29.1 Å². The Morgan fingerprint density at radius 2 is 2.00 bits per heavy atom. The lowest BCUT2D eigenvalue weighted by atomic mass is 9.92. The second kappa shape index (κ2) is 10.6. The van der Waals surface area contributed by atoms with Crippen molar-refractivity contribution in [3.63, 3.8) is 0 Å². The molecule has 1 aromatic carbocycles. The standard InChI is InChI=1S/C16H23N3O6S.ClH/c1-24-14(20)10-18-26(22,23)13-4-2-3-12(9-13)19-16(21)15(17)11-5-7-25-8-6-11;/h2-4,9,11,15,18H,5-8,10,17H2,1H3,(H,19,21);1H. The highest BCUT2D eigenvalue weighted by Gasteiger charge is 2.27. The summed E-state index contributed by atoms with van der Waals surface area (Å²) in [7, 11) is -2.75. The summed E-state index contributed by atoms with van der Waals surface area (Å²) in [6.07, 6.45) is 1.42. The first-order valence-electron chi connectivity index (χ1n) is 8.14. The molecule has 0 radical (unpaired) electrons. The molecule has 2 rings (SSSR count). The molecule has 0 bridgehead atoms. The van der Waals surface area contributed by atoms with Crippen LogP contribution in [-0.2, 0) is 29.1 Å². The average molecular weight is 422 g/mol. The van der Waals surface area contributed by atoms with Crippen LogP contribution in [-0.4, -0.2) is 53.2 Å². The number of methoxy groups -OCH3 is 1. The number of nitrogens with two attached hydrogens (primary N) is 1. The summed E-state index contributed by atoms with van der Waals surface area (Å²) in [4.78, 5) is 23.3. The average Bonchev–Trinajstić information content (AvgIpc) is 2.66. The maximum absolute atomic E-state index is 12.3. The Morgan fingerprint density at radius 1 is 1.33 bits per heavy atom. The van der Waals surface area contributed by atoms with Crippen molar-refractivity contribution in [2.45, 2.75) is 23.8 Å². The van der Waals surface area contributed by atoms with E-state index in [1.54, 1.807) is 6.07 Å².